The average Bonchev–Trinajstić information content (AvgIpc) is 2.79. The summed E-state index contributed by atoms with van der Waals surface area (Å²) in [6.07, 6.45) is -9.11. The van der Waals surface area contributed by atoms with Gasteiger partial charge in [0.1, 0.15) is 22.9 Å². The van der Waals surface area contributed by atoms with E-state index in [2.05, 4.69) is 4.74 Å². The number of benzene rings is 3. The maximum Gasteiger partial charge on any atom is 0.445 e. The van der Waals surface area contributed by atoms with Crippen LogP contribution in [-0.2, 0) is 12.5 Å². The topological polar surface area (TPSA) is 9.23 Å². The average molecular weight is 540 g/mol. The van der Waals surface area contributed by atoms with Gasteiger partial charge in [-0.05, 0) is 23.6 Å². The zero-order valence-electron chi connectivity index (χ0n) is 18.6. The highest BCUT2D eigenvalue weighted by atomic mass is 19.4. The van der Waals surface area contributed by atoms with Gasteiger partial charge in [0.05, 0.1) is 5.56 Å². The minimum Gasteiger partial charge on any atom is -0.429 e. The molecule has 0 N–H and O–H groups in total. The molecule has 0 unspecified atom stereocenters. The molecular formula is C25H15F11O. The van der Waals surface area contributed by atoms with Crippen molar-refractivity contribution in [3.8, 4) is 16.9 Å². The van der Waals surface area contributed by atoms with Crippen LogP contribution in [0, 0.1) is 23.3 Å². The van der Waals surface area contributed by atoms with E-state index in [1.165, 1.54) is 12.1 Å². The standard InChI is InChI=1S/C25H15F11O/c1-2-3-12-4-6-13(7-5-12)15-8-9-16(21(29)20(15)28)25(35,36)37-14-10-17(26)19(18(27)11-14)22(30)23(31)24(32,33)34/h4-11H,2-3H2,1H3. The molecule has 1 nitrogen and oxygen atoms in total. The molecule has 0 aromatic heterocycles. The lowest BCUT2D eigenvalue weighted by Gasteiger charge is -2.20. The fraction of sp³-hybridized carbons (Fsp3) is 0.200. The summed E-state index contributed by atoms with van der Waals surface area (Å²) in [4.78, 5) is 0. The van der Waals surface area contributed by atoms with Crippen molar-refractivity contribution < 1.29 is 53.0 Å². The first-order valence-corrected chi connectivity index (χ1v) is 10.4. The van der Waals surface area contributed by atoms with Gasteiger partial charge in [-0.2, -0.15) is 26.3 Å². The van der Waals surface area contributed by atoms with Crippen molar-refractivity contribution in [1.29, 1.82) is 0 Å². The Bertz CT molecular complexity index is 1300. The van der Waals surface area contributed by atoms with Crippen LogP contribution in [-0.4, -0.2) is 6.18 Å². The van der Waals surface area contributed by atoms with E-state index >= 15 is 0 Å². The fourth-order valence-corrected chi connectivity index (χ4v) is 3.39. The van der Waals surface area contributed by atoms with E-state index in [4.69, 9.17) is 0 Å². The maximum atomic E-state index is 14.6. The van der Waals surface area contributed by atoms with E-state index in [9.17, 15) is 48.3 Å². The highest BCUT2D eigenvalue weighted by Crippen LogP contribution is 2.40. The van der Waals surface area contributed by atoms with Crippen molar-refractivity contribution in [2.45, 2.75) is 32.1 Å². The summed E-state index contributed by atoms with van der Waals surface area (Å²) in [6, 6.07) is 7.16. The minimum atomic E-state index is -5.92. The predicted molar refractivity (Wildman–Crippen MR) is 112 cm³/mol. The van der Waals surface area contributed by atoms with Gasteiger partial charge in [0, 0.05) is 17.7 Å². The second-order valence-corrected chi connectivity index (χ2v) is 7.74. The Balaban J connectivity index is 1.94. The molecule has 0 radical (unpaired) electrons. The fourth-order valence-electron chi connectivity index (χ4n) is 3.39. The smallest absolute Gasteiger partial charge is 0.429 e. The van der Waals surface area contributed by atoms with Crippen LogP contribution in [0.15, 0.2) is 54.4 Å². The summed E-state index contributed by atoms with van der Waals surface area (Å²) in [5.74, 6) is -16.0. The molecule has 0 saturated carbocycles. The van der Waals surface area contributed by atoms with E-state index in [0.29, 0.717) is 6.07 Å². The quantitative estimate of drug-likeness (QED) is 0.272. The van der Waals surface area contributed by atoms with Crippen LogP contribution >= 0.6 is 0 Å². The van der Waals surface area contributed by atoms with Crippen molar-refractivity contribution >= 4 is 5.83 Å². The van der Waals surface area contributed by atoms with Gasteiger partial charge >= 0.3 is 12.3 Å². The largest absolute Gasteiger partial charge is 0.445 e. The minimum absolute atomic E-state index is 0.171. The Morgan fingerprint density at radius 2 is 1.35 bits per heavy atom. The molecule has 0 atom stereocenters. The lowest BCUT2D eigenvalue weighted by molar-refractivity contribution is -0.187. The Morgan fingerprint density at radius 1 is 0.784 bits per heavy atom. The molecule has 0 heterocycles. The number of allylic oxidation sites excluding steroid dienone is 1. The molecule has 3 aromatic rings. The second kappa shape index (κ2) is 10.4. The summed E-state index contributed by atoms with van der Waals surface area (Å²) in [7, 11) is 0. The molecule has 0 spiro atoms. The summed E-state index contributed by atoms with van der Waals surface area (Å²) in [5, 5.41) is 0. The normalized spacial score (nSPS) is 13.0. The number of alkyl halides is 5. The zero-order chi connectivity index (χ0) is 27.7. The number of ether oxygens (including phenoxy) is 1. The van der Waals surface area contributed by atoms with Crippen LogP contribution in [0.25, 0.3) is 17.0 Å². The zero-order valence-corrected chi connectivity index (χ0v) is 18.6. The van der Waals surface area contributed by atoms with Crippen molar-refractivity contribution in [3.05, 3.63) is 94.3 Å². The van der Waals surface area contributed by atoms with Crippen LogP contribution in [0.2, 0.25) is 0 Å². The molecule has 12 heteroatoms. The van der Waals surface area contributed by atoms with Crippen molar-refractivity contribution in [2.75, 3.05) is 0 Å². The maximum absolute atomic E-state index is 14.6. The van der Waals surface area contributed by atoms with Gasteiger partial charge < -0.3 is 4.74 Å². The van der Waals surface area contributed by atoms with Crippen LogP contribution in [0.3, 0.4) is 0 Å². The highest BCUT2D eigenvalue weighted by Gasteiger charge is 2.41. The summed E-state index contributed by atoms with van der Waals surface area (Å²) in [5.41, 5.74) is -3.08. The first-order valence-electron chi connectivity index (χ1n) is 10.4. The lowest BCUT2D eigenvalue weighted by Crippen LogP contribution is -2.24. The molecule has 0 saturated heterocycles. The molecule has 0 fully saturated rings. The van der Waals surface area contributed by atoms with Gasteiger partial charge in [0.25, 0.3) is 0 Å². The van der Waals surface area contributed by atoms with Gasteiger partial charge in [0.2, 0.25) is 5.83 Å². The molecule has 0 aliphatic rings. The Labute approximate surface area is 202 Å². The Morgan fingerprint density at radius 3 is 1.86 bits per heavy atom. The Hall–Kier alpha value is -3.57. The number of hydrogen-bond donors (Lipinski definition) is 0. The van der Waals surface area contributed by atoms with E-state index in [0.717, 1.165) is 24.5 Å². The number of aryl methyl sites for hydroxylation is 1. The third kappa shape index (κ3) is 5.89. The van der Waals surface area contributed by atoms with Crippen molar-refractivity contribution in [2.24, 2.45) is 0 Å². The lowest BCUT2D eigenvalue weighted by atomic mass is 10.00. The number of halogens is 11. The predicted octanol–water partition coefficient (Wildman–Crippen LogP) is 9.16. The molecule has 0 bridgehead atoms. The summed E-state index contributed by atoms with van der Waals surface area (Å²) >= 11 is 0. The van der Waals surface area contributed by atoms with Gasteiger partial charge in [-0.15, -0.1) is 0 Å². The van der Waals surface area contributed by atoms with Crippen molar-refractivity contribution in [1.82, 2.24) is 0 Å². The molecule has 0 aliphatic heterocycles. The number of hydrogen-bond acceptors (Lipinski definition) is 1. The highest BCUT2D eigenvalue weighted by molar-refractivity contribution is 5.65. The second-order valence-electron chi connectivity index (χ2n) is 7.74. The summed E-state index contributed by atoms with van der Waals surface area (Å²) < 4.78 is 154. The Kier molecular flexibility index (Phi) is 7.89. The molecule has 37 heavy (non-hydrogen) atoms. The van der Waals surface area contributed by atoms with E-state index in [1.54, 1.807) is 12.1 Å². The molecule has 0 aliphatic carbocycles. The van der Waals surface area contributed by atoms with Crippen LogP contribution in [0.4, 0.5) is 48.3 Å². The van der Waals surface area contributed by atoms with Crippen LogP contribution < -0.4 is 4.74 Å². The molecule has 3 aromatic carbocycles. The van der Waals surface area contributed by atoms with E-state index in [-0.39, 0.29) is 23.3 Å². The first kappa shape index (κ1) is 28.0. The van der Waals surface area contributed by atoms with E-state index in [1.807, 2.05) is 6.92 Å². The van der Waals surface area contributed by atoms with Crippen LogP contribution in [0.5, 0.6) is 5.75 Å². The van der Waals surface area contributed by atoms with Gasteiger partial charge in [-0.25, -0.2) is 22.0 Å². The monoisotopic (exact) mass is 540 g/mol. The molecule has 3 rings (SSSR count). The van der Waals surface area contributed by atoms with Gasteiger partial charge in [-0.1, -0.05) is 43.7 Å². The van der Waals surface area contributed by atoms with Gasteiger partial charge in [-0.3, -0.25) is 0 Å². The first-order chi connectivity index (χ1) is 17.2. The van der Waals surface area contributed by atoms with Crippen molar-refractivity contribution in [3.63, 3.8) is 0 Å². The number of rotatable bonds is 7. The molecule has 0 amide bonds. The third-order valence-electron chi connectivity index (χ3n) is 5.12. The van der Waals surface area contributed by atoms with E-state index < -0.39 is 64.1 Å². The molecular weight excluding hydrogens is 525 g/mol. The SMILES string of the molecule is CCCc1ccc(-c2ccc(C(F)(F)Oc3cc(F)c(C(F)=C(F)C(F)(F)F)c(F)c3)c(F)c2F)cc1. The van der Waals surface area contributed by atoms with Gasteiger partial charge in [0.15, 0.2) is 17.5 Å². The van der Waals surface area contributed by atoms with Crippen LogP contribution in [0.1, 0.15) is 30.0 Å². The summed E-state index contributed by atoms with van der Waals surface area (Å²) in [6.45, 7) is 1.93. The third-order valence-corrected chi connectivity index (χ3v) is 5.12. The molecule has 198 valence electrons.